The van der Waals surface area contributed by atoms with Crippen molar-refractivity contribution in [1.29, 1.82) is 0 Å². The third-order valence-corrected chi connectivity index (χ3v) is 5.77. The van der Waals surface area contributed by atoms with Crippen molar-refractivity contribution in [3.63, 3.8) is 0 Å². The summed E-state index contributed by atoms with van der Waals surface area (Å²) >= 11 is 0. The molecule has 1 aromatic heterocycles. The maximum absolute atomic E-state index is 13.0. The molecule has 0 aliphatic carbocycles. The van der Waals surface area contributed by atoms with Crippen molar-refractivity contribution in [3.8, 4) is 17.2 Å². The number of para-hydroxylation sites is 1. The second-order valence-electron chi connectivity index (χ2n) is 7.41. The SMILES string of the molecule is FC(F)(F)c1ccc(CC2=Nc3ccccc3C23COc2cc4c(cc23)OCO4)o1. The first-order valence-corrected chi connectivity index (χ1v) is 9.35. The molecule has 0 saturated carbocycles. The maximum Gasteiger partial charge on any atom is 0.449 e. The van der Waals surface area contributed by atoms with Crippen LogP contribution in [0.5, 0.6) is 17.2 Å². The van der Waals surface area contributed by atoms with Crippen molar-refractivity contribution in [3.05, 3.63) is 71.2 Å². The molecule has 5 nitrogen and oxygen atoms in total. The lowest BCUT2D eigenvalue weighted by Crippen LogP contribution is -2.37. The Balaban J connectivity index is 1.48. The van der Waals surface area contributed by atoms with Gasteiger partial charge in [0.05, 0.1) is 11.1 Å². The number of rotatable bonds is 2. The maximum atomic E-state index is 13.0. The van der Waals surface area contributed by atoms with Crippen LogP contribution in [0.25, 0.3) is 0 Å². The summed E-state index contributed by atoms with van der Waals surface area (Å²) in [7, 11) is 0. The molecule has 4 heterocycles. The molecule has 0 saturated heterocycles. The summed E-state index contributed by atoms with van der Waals surface area (Å²) in [4.78, 5) is 4.77. The molecule has 3 aromatic rings. The fourth-order valence-electron chi connectivity index (χ4n) is 4.41. The van der Waals surface area contributed by atoms with Crippen LogP contribution in [-0.2, 0) is 18.0 Å². The van der Waals surface area contributed by atoms with Gasteiger partial charge < -0.3 is 18.6 Å². The Morgan fingerprint density at radius 2 is 1.70 bits per heavy atom. The topological polar surface area (TPSA) is 53.2 Å². The van der Waals surface area contributed by atoms with Crippen molar-refractivity contribution in [1.82, 2.24) is 0 Å². The van der Waals surface area contributed by atoms with E-state index in [1.54, 1.807) is 6.07 Å². The number of hydrogen-bond acceptors (Lipinski definition) is 5. The first-order chi connectivity index (χ1) is 14.4. The van der Waals surface area contributed by atoms with Crippen LogP contribution >= 0.6 is 0 Å². The summed E-state index contributed by atoms with van der Waals surface area (Å²) in [6.07, 6.45) is -4.40. The van der Waals surface area contributed by atoms with E-state index in [-0.39, 0.29) is 25.6 Å². The number of benzene rings is 2. The Hall–Kier alpha value is -3.42. The van der Waals surface area contributed by atoms with Gasteiger partial charge in [-0.05, 0) is 29.8 Å². The van der Waals surface area contributed by atoms with Gasteiger partial charge in [-0.2, -0.15) is 13.2 Å². The molecule has 0 amide bonds. The van der Waals surface area contributed by atoms with E-state index in [0.29, 0.717) is 23.0 Å². The van der Waals surface area contributed by atoms with E-state index in [2.05, 4.69) is 0 Å². The number of halogens is 3. The monoisotopic (exact) mass is 413 g/mol. The first kappa shape index (κ1) is 17.4. The number of fused-ring (bicyclic) bond motifs is 5. The van der Waals surface area contributed by atoms with Crippen LogP contribution in [0.1, 0.15) is 22.6 Å². The fourth-order valence-corrected chi connectivity index (χ4v) is 4.41. The lowest BCUT2D eigenvalue weighted by Gasteiger charge is -2.26. The van der Waals surface area contributed by atoms with E-state index in [1.807, 2.05) is 30.3 Å². The Kier molecular flexibility index (Phi) is 3.38. The van der Waals surface area contributed by atoms with Gasteiger partial charge in [0.1, 0.15) is 18.1 Å². The third-order valence-electron chi connectivity index (χ3n) is 5.77. The number of furan rings is 1. The smallest absolute Gasteiger partial charge is 0.449 e. The minimum absolute atomic E-state index is 0.127. The first-order valence-electron chi connectivity index (χ1n) is 9.35. The van der Waals surface area contributed by atoms with Gasteiger partial charge in [-0.15, -0.1) is 0 Å². The highest BCUT2D eigenvalue weighted by atomic mass is 19.4. The van der Waals surface area contributed by atoms with Gasteiger partial charge in [0.25, 0.3) is 0 Å². The zero-order chi connectivity index (χ0) is 20.5. The molecule has 0 radical (unpaired) electrons. The van der Waals surface area contributed by atoms with Gasteiger partial charge in [-0.25, -0.2) is 0 Å². The molecule has 3 aliphatic rings. The van der Waals surface area contributed by atoms with E-state index in [1.165, 1.54) is 6.07 Å². The molecule has 0 N–H and O–H groups in total. The summed E-state index contributed by atoms with van der Waals surface area (Å²) in [5.41, 5.74) is 2.52. The lowest BCUT2D eigenvalue weighted by atomic mass is 9.72. The van der Waals surface area contributed by atoms with Gasteiger partial charge in [-0.3, -0.25) is 4.99 Å². The summed E-state index contributed by atoms with van der Waals surface area (Å²) in [5.74, 6) is 1.05. The summed E-state index contributed by atoms with van der Waals surface area (Å²) in [6, 6.07) is 13.6. The average Bonchev–Trinajstić information content (AvgIpc) is 3.48. The summed E-state index contributed by atoms with van der Waals surface area (Å²) in [5, 5.41) is 0. The van der Waals surface area contributed by atoms with Crippen LogP contribution in [0.15, 0.2) is 57.9 Å². The van der Waals surface area contributed by atoms with Crippen molar-refractivity contribution in [2.24, 2.45) is 4.99 Å². The summed E-state index contributed by atoms with van der Waals surface area (Å²) < 4.78 is 61.0. The average molecular weight is 413 g/mol. The number of alkyl halides is 3. The molecule has 0 bridgehead atoms. The van der Waals surface area contributed by atoms with Gasteiger partial charge in [0.15, 0.2) is 11.5 Å². The van der Waals surface area contributed by atoms with E-state index >= 15 is 0 Å². The van der Waals surface area contributed by atoms with Crippen LogP contribution in [0.3, 0.4) is 0 Å². The number of hydrogen-bond donors (Lipinski definition) is 0. The van der Waals surface area contributed by atoms with Gasteiger partial charge >= 0.3 is 6.18 Å². The van der Waals surface area contributed by atoms with Gasteiger partial charge in [0, 0.05) is 23.8 Å². The number of ether oxygens (including phenoxy) is 3. The normalized spacial score (nSPS) is 20.8. The molecule has 1 unspecified atom stereocenters. The van der Waals surface area contributed by atoms with E-state index in [9.17, 15) is 13.2 Å². The van der Waals surface area contributed by atoms with Crippen molar-refractivity contribution < 1.29 is 31.8 Å². The predicted octanol–water partition coefficient (Wildman–Crippen LogP) is 5.03. The zero-order valence-electron chi connectivity index (χ0n) is 15.5. The van der Waals surface area contributed by atoms with Crippen molar-refractivity contribution in [2.45, 2.75) is 18.0 Å². The zero-order valence-corrected chi connectivity index (χ0v) is 15.5. The molecule has 1 spiro atoms. The Morgan fingerprint density at radius 3 is 2.50 bits per heavy atom. The molecular weight excluding hydrogens is 399 g/mol. The highest BCUT2D eigenvalue weighted by molar-refractivity contribution is 6.07. The second-order valence-corrected chi connectivity index (χ2v) is 7.41. The number of nitrogens with zero attached hydrogens (tertiary/aromatic N) is 1. The predicted molar refractivity (Wildman–Crippen MR) is 99.8 cm³/mol. The minimum atomic E-state index is -4.53. The Bertz CT molecular complexity index is 1210. The fraction of sp³-hybridized carbons (Fsp3) is 0.227. The van der Waals surface area contributed by atoms with Crippen LogP contribution in [0.4, 0.5) is 18.9 Å². The Morgan fingerprint density at radius 1 is 0.900 bits per heavy atom. The lowest BCUT2D eigenvalue weighted by molar-refractivity contribution is -0.153. The molecule has 30 heavy (non-hydrogen) atoms. The molecule has 152 valence electrons. The van der Waals surface area contributed by atoms with Crippen LogP contribution in [0, 0.1) is 0 Å². The standard InChI is InChI=1S/C22H14F3NO4/c23-22(24,25)20-6-5-12(30-20)7-19-21(13-3-1-2-4-15(13)26-19)10-27-16-9-18-17(8-14(16)21)28-11-29-18/h1-6,8-9H,7,10-11H2. The van der Waals surface area contributed by atoms with E-state index in [4.69, 9.17) is 23.6 Å². The molecule has 0 fully saturated rings. The molecule has 2 aromatic carbocycles. The van der Waals surface area contributed by atoms with Crippen molar-refractivity contribution in [2.75, 3.05) is 13.4 Å². The highest BCUT2D eigenvalue weighted by Gasteiger charge is 2.51. The largest absolute Gasteiger partial charge is 0.491 e. The van der Waals surface area contributed by atoms with Crippen molar-refractivity contribution >= 4 is 11.4 Å². The van der Waals surface area contributed by atoms with Crippen LogP contribution in [0.2, 0.25) is 0 Å². The van der Waals surface area contributed by atoms with E-state index < -0.39 is 17.4 Å². The summed E-state index contributed by atoms with van der Waals surface area (Å²) in [6.45, 7) is 0.420. The van der Waals surface area contributed by atoms with Crippen LogP contribution in [-0.4, -0.2) is 19.1 Å². The number of aliphatic imine (C=N–C) groups is 1. The molecule has 1 atom stereocenters. The second kappa shape index (κ2) is 5.81. The third kappa shape index (κ3) is 2.33. The van der Waals surface area contributed by atoms with E-state index in [0.717, 1.165) is 22.9 Å². The van der Waals surface area contributed by atoms with Crippen LogP contribution < -0.4 is 14.2 Å². The van der Waals surface area contributed by atoms with Gasteiger partial charge in [-0.1, -0.05) is 18.2 Å². The molecular formula is C22H14F3NO4. The molecule has 3 aliphatic heterocycles. The molecule has 8 heteroatoms. The minimum Gasteiger partial charge on any atom is -0.491 e. The molecule has 6 rings (SSSR count). The highest BCUT2D eigenvalue weighted by Crippen LogP contribution is 2.54. The van der Waals surface area contributed by atoms with Gasteiger partial charge in [0.2, 0.25) is 12.6 Å². The Labute approximate surface area is 168 Å². The quantitative estimate of drug-likeness (QED) is 0.591.